The fraction of sp³-hybridized carbons (Fsp3) is 0.579. The lowest BCUT2D eigenvalue weighted by Crippen LogP contribution is -2.42. The van der Waals surface area contributed by atoms with E-state index in [4.69, 9.17) is 14.5 Å². The first-order valence-electron chi connectivity index (χ1n) is 17.2. The molecule has 0 atom stereocenters. The Balaban J connectivity index is 1.15. The van der Waals surface area contributed by atoms with Crippen molar-refractivity contribution in [2.45, 2.75) is 89.1 Å². The van der Waals surface area contributed by atoms with Gasteiger partial charge in [-0.15, -0.1) is 11.3 Å². The normalized spacial score (nSPS) is 23.7. The highest BCUT2D eigenvalue weighted by Gasteiger charge is 2.33. The Morgan fingerprint density at radius 1 is 0.933 bits per heavy atom. The van der Waals surface area contributed by atoms with Gasteiger partial charge < -0.3 is 19.3 Å². The average Bonchev–Trinajstić information content (AvgIpc) is 3.79. The van der Waals surface area contributed by atoms with E-state index < -0.39 is 0 Å². The van der Waals surface area contributed by atoms with Crippen molar-refractivity contribution in [3.63, 3.8) is 0 Å². The van der Waals surface area contributed by atoms with Crippen molar-refractivity contribution in [1.82, 2.24) is 9.88 Å². The van der Waals surface area contributed by atoms with Crippen LogP contribution < -0.4 is 9.64 Å². The standard InChI is InChI=1S/C38H51N3O3S/c1-26-22-31(16-19-35(26)43-4)28-10-8-27(9-11-28)25-41(38(42)30-14-17-34(18-15-30)44-21-20-40(2)3)33-7-5-6-32(23-33)36-24-39-37(45-36)29-12-13-29/h5-7,16,19,22-24,27-30,34H,8-15,17-18,20-21,25H2,1-4H3/t27-,28-,30-,34-. The zero-order valence-corrected chi connectivity index (χ0v) is 28.5. The van der Waals surface area contributed by atoms with E-state index in [9.17, 15) is 4.79 Å². The van der Waals surface area contributed by atoms with Gasteiger partial charge in [0.2, 0.25) is 5.91 Å². The van der Waals surface area contributed by atoms with Gasteiger partial charge in [0.1, 0.15) is 5.75 Å². The van der Waals surface area contributed by atoms with Gasteiger partial charge in [-0.1, -0.05) is 24.3 Å². The van der Waals surface area contributed by atoms with Crippen LogP contribution in [-0.2, 0) is 9.53 Å². The van der Waals surface area contributed by atoms with E-state index >= 15 is 0 Å². The predicted molar refractivity (Wildman–Crippen MR) is 185 cm³/mol. The fourth-order valence-electron chi connectivity index (χ4n) is 7.28. The van der Waals surface area contributed by atoms with Gasteiger partial charge in [0, 0.05) is 36.8 Å². The number of methoxy groups -OCH3 is 1. The lowest BCUT2D eigenvalue weighted by molar-refractivity contribution is -0.124. The molecule has 45 heavy (non-hydrogen) atoms. The molecule has 2 aromatic carbocycles. The molecule has 0 aliphatic heterocycles. The van der Waals surface area contributed by atoms with Gasteiger partial charge in [-0.05, 0) is 132 Å². The second kappa shape index (κ2) is 14.8. The van der Waals surface area contributed by atoms with E-state index in [0.717, 1.165) is 69.7 Å². The summed E-state index contributed by atoms with van der Waals surface area (Å²) < 4.78 is 11.7. The average molecular weight is 630 g/mol. The number of hydrogen-bond donors (Lipinski definition) is 0. The minimum atomic E-state index is 0.0610. The van der Waals surface area contributed by atoms with Crippen molar-refractivity contribution in [3.8, 4) is 16.2 Å². The number of ether oxygens (including phenoxy) is 2. The third kappa shape index (κ3) is 8.16. The second-order valence-corrected chi connectivity index (χ2v) is 15.0. The van der Waals surface area contributed by atoms with Crippen molar-refractivity contribution in [2.75, 3.05) is 45.8 Å². The summed E-state index contributed by atoms with van der Waals surface area (Å²) in [6.45, 7) is 4.62. The van der Waals surface area contributed by atoms with Crippen molar-refractivity contribution in [3.05, 3.63) is 64.8 Å². The monoisotopic (exact) mass is 629 g/mol. The van der Waals surface area contributed by atoms with E-state index in [2.05, 4.69) is 73.3 Å². The Morgan fingerprint density at radius 3 is 2.38 bits per heavy atom. The third-order valence-electron chi connectivity index (χ3n) is 10.3. The number of aryl methyl sites for hydroxylation is 1. The fourth-order valence-corrected chi connectivity index (χ4v) is 8.36. The van der Waals surface area contributed by atoms with Crippen LogP contribution >= 0.6 is 11.3 Å². The van der Waals surface area contributed by atoms with Gasteiger partial charge >= 0.3 is 0 Å². The van der Waals surface area contributed by atoms with Gasteiger partial charge in [-0.3, -0.25) is 4.79 Å². The number of aromatic nitrogens is 1. The maximum absolute atomic E-state index is 14.4. The minimum absolute atomic E-state index is 0.0610. The molecule has 242 valence electrons. The van der Waals surface area contributed by atoms with Gasteiger partial charge in [-0.2, -0.15) is 0 Å². The molecule has 3 aliphatic rings. The number of likely N-dealkylation sites (N-methyl/N-ethyl adjacent to an activating group) is 1. The van der Waals surface area contributed by atoms with Gasteiger partial charge in [0.15, 0.2) is 0 Å². The quantitative estimate of drug-likeness (QED) is 0.201. The molecule has 0 N–H and O–H groups in total. The molecule has 3 aliphatic carbocycles. The summed E-state index contributed by atoms with van der Waals surface area (Å²) in [5.74, 6) is 3.06. The number of carbonyl (C=O) groups excluding carboxylic acids is 1. The Labute approximate surface area is 274 Å². The van der Waals surface area contributed by atoms with Crippen LogP contribution in [0.15, 0.2) is 48.7 Å². The van der Waals surface area contributed by atoms with E-state index in [1.54, 1.807) is 7.11 Å². The molecule has 0 radical (unpaired) electrons. The van der Waals surface area contributed by atoms with Crippen molar-refractivity contribution >= 4 is 22.9 Å². The molecule has 1 heterocycles. The van der Waals surface area contributed by atoms with E-state index in [-0.39, 0.29) is 12.0 Å². The largest absolute Gasteiger partial charge is 0.496 e. The zero-order valence-electron chi connectivity index (χ0n) is 27.7. The number of rotatable bonds is 12. The lowest BCUT2D eigenvalue weighted by Gasteiger charge is -2.36. The maximum atomic E-state index is 14.4. The predicted octanol–water partition coefficient (Wildman–Crippen LogP) is 8.45. The van der Waals surface area contributed by atoms with Crippen LogP contribution in [0.5, 0.6) is 5.75 Å². The maximum Gasteiger partial charge on any atom is 0.230 e. The third-order valence-corrected chi connectivity index (χ3v) is 11.5. The molecular formula is C38H51N3O3S. The number of anilines is 1. The molecule has 3 saturated carbocycles. The molecule has 3 fully saturated rings. The Bertz CT molecular complexity index is 1420. The van der Waals surface area contributed by atoms with E-state index in [1.807, 2.05) is 17.5 Å². The molecule has 0 unspecified atom stereocenters. The first-order chi connectivity index (χ1) is 21.9. The van der Waals surface area contributed by atoms with E-state index in [0.29, 0.717) is 23.7 Å². The van der Waals surface area contributed by atoms with Gasteiger partial charge in [-0.25, -0.2) is 4.98 Å². The number of benzene rings is 2. The van der Waals surface area contributed by atoms with Crippen LogP contribution in [-0.4, -0.2) is 62.8 Å². The first kappa shape index (κ1) is 32.2. The number of hydrogen-bond acceptors (Lipinski definition) is 6. The minimum Gasteiger partial charge on any atom is -0.496 e. The molecule has 6 rings (SSSR count). The summed E-state index contributed by atoms with van der Waals surface area (Å²) in [5, 5.41) is 1.26. The molecule has 1 aromatic heterocycles. The summed E-state index contributed by atoms with van der Waals surface area (Å²) in [6.07, 6.45) is 13.2. The van der Waals surface area contributed by atoms with Crippen molar-refractivity contribution in [2.24, 2.45) is 11.8 Å². The van der Waals surface area contributed by atoms with Crippen molar-refractivity contribution < 1.29 is 14.3 Å². The first-order valence-corrected chi connectivity index (χ1v) is 18.0. The molecule has 6 nitrogen and oxygen atoms in total. The molecule has 3 aromatic rings. The number of carbonyl (C=O) groups is 1. The lowest BCUT2D eigenvalue weighted by atomic mass is 9.78. The summed E-state index contributed by atoms with van der Waals surface area (Å²) in [5.41, 5.74) is 4.84. The molecular weight excluding hydrogens is 579 g/mol. The zero-order chi connectivity index (χ0) is 31.3. The summed E-state index contributed by atoms with van der Waals surface area (Å²) in [4.78, 5) is 24.6. The SMILES string of the molecule is COc1ccc([C@H]2CC[C@H](CN(c3cccc(-c4cnc(C5CC5)s4)c3)C(=O)[C@H]3CC[C@H](OCCN(C)C)CC3)CC2)cc1C. The molecule has 7 heteroatoms. The van der Waals surface area contributed by atoms with Gasteiger partial charge in [0.05, 0.1) is 29.7 Å². The van der Waals surface area contributed by atoms with Crippen LogP contribution in [0.3, 0.4) is 0 Å². The smallest absolute Gasteiger partial charge is 0.230 e. The van der Waals surface area contributed by atoms with Crippen LogP contribution in [0.1, 0.15) is 92.2 Å². The highest BCUT2D eigenvalue weighted by molar-refractivity contribution is 7.15. The summed E-state index contributed by atoms with van der Waals surface area (Å²) in [7, 11) is 5.90. The van der Waals surface area contributed by atoms with E-state index in [1.165, 1.54) is 52.3 Å². The van der Waals surface area contributed by atoms with Crippen molar-refractivity contribution in [1.29, 1.82) is 0 Å². The molecule has 0 bridgehead atoms. The van der Waals surface area contributed by atoms with Crippen LogP contribution in [0.4, 0.5) is 5.69 Å². The number of nitrogens with zero attached hydrogens (tertiary/aromatic N) is 3. The molecule has 0 spiro atoms. The Morgan fingerprint density at radius 2 is 1.69 bits per heavy atom. The van der Waals surface area contributed by atoms with Crippen LogP contribution in [0.25, 0.3) is 10.4 Å². The van der Waals surface area contributed by atoms with Crippen LogP contribution in [0.2, 0.25) is 0 Å². The highest BCUT2D eigenvalue weighted by atomic mass is 32.1. The molecule has 1 amide bonds. The highest BCUT2D eigenvalue weighted by Crippen LogP contribution is 2.44. The molecule has 0 saturated heterocycles. The Kier molecular flexibility index (Phi) is 10.6. The Hall–Kier alpha value is -2.74. The topological polar surface area (TPSA) is 54.9 Å². The number of amides is 1. The summed E-state index contributed by atoms with van der Waals surface area (Å²) >= 11 is 1.82. The van der Waals surface area contributed by atoms with Crippen LogP contribution in [0, 0.1) is 18.8 Å². The summed E-state index contributed by atoms with van der Waals surface area (Å²) in [6, 6.07) is 15.3. The number of thiazole rings is 1. The second-order valence-electron chi connectivity index (χ2n) is 13.9. The van der Waals surface area contributed by atoms with Gasteiger partial charge in [0.25, 0.3) is 0 Å².